The summed E-state index contributed by atoms with van der Waals surface area (Å²) in [6.07, 6.45) is 1.35. The fourth-order valence-electron chi connectivity index (χ4n) is 4.56. The van der Waals surface area contributed by atoms with Crippen LogP contribution in [0.4, 0.5) is 29.5 Å². The highest BCUT2D eigenvalue weighted by Gasteiger charge is 2.33. The Bertz CT molecular complexity index is 1140. The Kier molecular flexibility index (Phi) is 7.42. The molecule has 1 unspecified atom stereocenters. The third-order valence-electron chi connectivity index (χ3n) is 6.27. The van der Waals surface area contributed by atoms with E-state index >= 15 is 0 Å². The quantitative estimate of drug-likeness (QED) is 0.623. The lowest BCUT2D eigenvalue weighted by molar-refractivity contribution is -0.121. The molecule has 2 aromatic rings. The van der Waals surface area contributed by atoms with Gasteiger partial charge in [0.1, 0.15) is 23.4 Å². The lowest BCUT2D eigenvalue weighted by Crippen LogP contribution is -2.45. The Morgan fingerprint density at radius 1 is 1.08 bits per heavy atom. The van der Waals surface area contributed by atoms with Gasteiger partial charge in [0.2, 0.25) is 5.91 Å². The number of rotatable bonds is 4. The number of aromatic nitrogens is 1. The summed E-state index contributed by atoms with van der Waals surface area (Å²) in [5, 5.41) is 2.86. The second-order valence-electron chi connectivity index (χ2n) is 10.3. The van der Waals surface area contributed by atoms with Crippen LogP contribution in [0.5, 0.6) is 0 Å². The molecule has 7 nitrogen and oxygen atoms in total. The second-order valence-corrected chi connectivity index (χ2v) is 10.3. The Hall–Kier alpha value is -3.30. The topological polar surface area (TPSA) is 74.8 Å². The first-order chi connectivity index (χ1) is 17.0. The van der Waals surface area contributed by atoms with Gasteiger partial charge in [-0.1, -0.05) is 0 Å². The molecule has 0 bridgehead atoms. The Morgan fingerprint density at radius 2 is 1.86 bits per heavy atom. The van der Waals surface area contributed by atoms with E-state index in [4.69, 9.17) is 4.74 Å². The molecule has 1 aromatic carbocycles. The van der Waals surface area contributed by atoms with Crippen LogP contribution in [-0.4, -0.2) is 59.8 Å². The Balaban J connectivity index is 1.64. The maximum atomic E-state index is 14.7. The predicted octanol–water partition coefficient (Wildman–Crippen LogP) is 5.16. The Morgan fingerprint density at radius 3 is 2.56 bits per heavy atom. The van der Waals surface area contributed by atoms with Crippen molar-refractivity contribution < 1.29 is 27.5 Å². The van der Waals surface area contributed by atoms with Crippen LogP contribution in [0, 0.1) is 17.6 Å². The minimum absolute atomic E-state index is 0.0380. The van der Waals surface area contributed by atoms with Crippen LogP contribution >= 0.6 is 0 Å². The smallest absolute Gasteiger partial charge is 0.410 e. The minimum Gasteiger partial charge on any atom is -0.444 e. The molecule has 2 aliphatic heterocycles. The summed E-state index contributed by atoms with van der Waals surface area (Å²) in [5.41, 5.74) is -0.267. The summed E-state index contributed by atoms with van der Waals surface area (Å²) in [4.78, 5) is 33.5. The van der Waals surface area contributed by atoms with E-state index in [-0.39, 0.29) is 35.8 Å². The molecule has 2 fully saturated rings. The molecule has 2 saturated heterocycles. The van der Waals surface area contributed by atoms with E-state index in [2.05, 4.69) is 10.3 Å². The maximum Gasteiger partial charge on any atom is 0.410 e. The monoisotopic (exact) mass is 504 g/mol. The van der Waals surface area contributed by atoms with Crippen molar-refractivity contribution in [3.8, 4) is 11.1 Å². The summed E-state index contributed by atoms with van der Waals surface area (Å²) in [6.45, 7) is 6.42. The van der Waals surface area contributed by atoms with E-state index in [0.29, 0.717) is 38.2 Å². The number of likely N-dealkylation sites (tertiary alicyclic amines) is 1. The second kappa shape index (κ2) is 10.4. The highest BCUT2D eigenvalue weighted by Crippen LogP contribution is 2.38. The largest absolute Gasteiger partial charge is 0.444 e. The SMILES string of the molecule is CC(C)(C)OC(=O)N1CCCC(C(=O)Nc2c(-c3cc(F)ccc3F)ccnc2N2CC[C@H](F)C2)C1. The molecular weight excluding hydrogens is 473 g/mol. The van der Waals surface area contributed by atoms with Gasteiger partial charge in [-0.25, -0.2) is 22.9 Å². The average Bonchev–Trinajstić information content (AvgIpc) is 3.26. The van der Waals surface area contributed by atoms with Gasteiger partial charge in [0, 0.05) is 37.0 Å². The van der Waals surface area contributed by atoms with E-state index in [1.807, 2.05) is 0 Å². The van der Waals surface area contributed by atoms with Gasteiger partial charge in [0.25, 0.3) is 0 Å². The van der Waals surface area contributed by atoms with Crippen LogP contribution in [-0.2, 0) is 9.53 Å². The number of amides is 2. The van der Waals surface area contributed by atoms with Crippen LogP contribution in [0.1, 0.15) is 40.0 Å². The fraction of sp³-hybridized carbons (Fsp3) is 0.500. The number of nitrogens with one attached hydrogen (secondary N) is 1. The predicted molar refractivity (Wildman–Crippen MR) is 130 cm³/mol. The number of ether oxygens (including phenoxy) is 1. The van der Waals surface area contributed by atoms with Gasteiger partial charge in [-0.05, 0) is 64.3 Å². The van der Waals surface area contributed by atoms with Gasteiger partial charge < -0.3 is 19.9 Å². The highest BCUT2D eigenvalue weighted by atomic mass is 19.1. The summed E-state index contributed by atoms with van der Waals surface area (Å²) in [5.74, 6) is -1.93. The lowest BCUT2D eigenvalue weighted by atomic mass is 9.96. The van der Waals surface area contributed by atoms with Crippen LogP contribution in [0.15, 0.2) is 30.5 Å². The van der Waals surface area contributed by atoms with Crippen LogP contribution in [0.2, 0.25) is 0 Å². The normalized spacial score (nSPS) is 20.4. The highest BCUT2D eigenvalue weighted by molar-refractivity contribution is 6.00. The molecular formula is C26H31F3N4O3. The van der Waals surface area contributed by atoms with E-state index < -0.39 is 35.4 Å². The van der Waals surface area contributed by atoms with Crippen molar-refractivity contribution in [1.29, 1.82) is 0 Å². The zero-order valence-electron chi connectivity index (χ0n) is 20.7. The van der Waals surface area contributed by atoms with Gasteiger partial charge >= 0.3 is 6.09 Å². The number of hydrogen-bond donors (Lipinski definition) is 1. The minimum atomic E-state index is -1.05. The molecule has 4 rings (SSSR count). The van der Waals surface area contributed by atoms with Crippen molar-refractivity contribution in [3.05, 3.63) is 42.1 Å². The first-order valence-electron chi connectivity index (χ1n) is 12.1. The molecule has 0 spiro atoms. The van der Waals surface area contributed by atoms with Gasteiger partial charge in [0.15, 0.2) is 5.82 Å². The number of pyridine rings is 1. The number of hydrogen-bond acceptors (Lipinski definition) is 5. The third kappa shape index (κ3) is 5.91. The number of alkyl halides is 1. The number of nitrogens with zero attached hydrogens (tertiary/aromatic N) is 3. The molecule has 2 atom stereocenters. The number of carbonyl (C=O) groups excluding carboxylic acids is 2. The number of carbonyl (C=O) groups is 2. The van der Waals surface area contributed by atoms with Crippen molar-refractivity contribution in [3.63, 3.8) is 0 Å². The fourth-order valence-corrected chi connectivity index (χ4v) is 4.56. The number of piperidine rings is 1. The third-order valence-corrected chi connectivity index (χ3v) is 6.27. The molecule has 194 valence electrons. The number of anilines is 2. The maximum absolute atomic E-state index is 14.7. The first-order valence-corrected chi connectivity index (χ1v) is 12.1. The molecule has 1 N–H and O–H groups in total. The molecule has 0 saturated carbocycles. The first kappa shape index (κ1) is 25.8. The van der Waals surface area contributed by atoms with Crippen LogP contribution in [0.3, 0.4) is 0 Å². The molecule has 2 amide bonds. The lowest BCUT2D eigenvalue weighted by Gasteiger charge is -2.33. The molecule has 0 aliphatic carbocycles. The number of halogens is 3. The van der Waals surface area contributed by atoms with Gasteiger partial charge in [-0.15, -0.1) is 0 Å². The van der Waals surface area contributed by atoms with Gasteiger partial charge in [-0.2, -0.15) is 0 Å². The molecule has 10 heteroatoms. The van der Waals surface area contributed by atoms with Crippen molar-refractivity contribution >= 4 is 23.5 Å². The van der Waals surface area contributed by atoms with Crippen LogP contribution < -0.4 is 10.2 Å². The van der Waals surface area contributed by atoms with Gasteiger partial charge in [-0.3, -0.25) is 4.79 Å². The number of benzene rings is 1. The zero-order chi connectivity index (χ0) is 26.0. The summed E-state index contributed by atoms with van der Waals surface area (Å²) < 4.78 is 48.2. The molecule has 36 heavy (non-hydrogen) atoms. The molecule has 2 aliphatic rings. The van der Waals surface area contributed by atoms with Crippen molar-refractivity contribution in [2.75, 3.05) is 36.4 Å². The average molecular weight is 505 g/mol. The summed E-state index contributed by atoms with van der Waals surface area (Å²) in [7, 11) is 0. The molecule has 0 radical (unpaired) electrons. The van der Waals surface area contributed by atoms with Crippen LogP contribution in [0.25, 0.3) is 11.1 Å². The summed E-state index contributed by atoms with van der Waals surface area (Å²) >= 11 is 0. The van der Waals surface area contributed by atoms with Crippen molar-refractivity contribution in [2.45, 2.75) is 51.8 Å². The van der Waals surface area contributed by atoms with Gasteiger partial charge in [0.05, 0.1) is 18.2 Å². The van der Waals surface area contributed by atoms with Crippen molar-refractivity contribution in [1.82, 2.24) is 9.88 Å². The van der Waals surface area contributed by atoms with Crippen molar-refractivity contribution in [2.24, 2.45) is 5.92 Å². The molecule has 3 heterocycles. The van der Waals surface area contributed by atoms with E-state index in [0.717, 1.165) is 18.2 Å². The van der Waals surface area contributed by atoms with E-state index in [9.17, 15) is 22.8 Å². The standard InChI is InChI=1S/C26H31F3N4O3/c1-26(2,3)36-25(35)33-11-4-5-16(14-33)24(34)31-22-19(20-13-17(27)6-7-21(20)29)8-10-30-23(22)32-12-9-18(28)15-32/h6-8,10,13,16,18H,4-5,9,11-12,14-15H2,1-3H3,(H,31,34)/t16?,18-/m0/s1. The molecule has 1 aromatic heterocycles. The zero-order valence-corrected chi connectivity index (χ0v) is 20.7. The Labute approximate surface area is 208 Å². The van der Waals surface area contributed by atoms with E-state index in [1.54, 1.807) is 25.7 Å². The summed E-state index contributed by atoms with van der Waals surface area (Å²) in [6, 6.07) is 4.58. The van der Waals surface area contributed by atoms with E-state index in [1.165, 1.54) is 17.2 Å².